The van der Waals surface area contributed by atoms with E-state index in [2.05, 4.69) is 26.7 Å². The van der Waals surface area contributed by atoms with Crippen LogP contribution in [0.3, 0.4) is 0 Å². The van der Waals surface area contributed by atoms with Crippen molar-refractivity contribution >= 4 is 17.2 Å². The standard InChI is InChI=1S/C14H16N4S/c1-10-5-6-13(18-12(10)8-15)16-7-3-4-14-17-11(2)9-19-14/h5-6,9H,3-4,7H2,1-2H3,(H,16,18). The number of hydrogen-bond acceptors (Lipinski definition) is 5. The molecule has 4 nitrogen and oxygen atoms in total. The number of nitriles is 1. The van der Waals surface area contributed by atoms with E-state index in [9.17, 15) is 0 Å². The fourth-order valence-corrected chi connectivity index (χ4v) is 2.53. The molecule has 0 amide bonds. The van der Waals surface area contributed by atoms with E-state index in [1.807, 2.05) is 26.0 Å². The lowest BCUT2D eigenvalue weighted by molar-refractivity contribution is 0.847. The van der Waals surface area contributed by atoms with Crippen molar-refractivity contribution in [1.82, 2.24) is 9.97 Å². The number of aryl methyl sites for hydroxylation is 3. The largest absolute Gasteiger partial charge is 0.370 e. The molecule has 0 fully saturated rings. The summed E-state index contributed by atoms with van der Waals surface area (Å²) < 4.78 is 0. The molecule has 2 rings (SSSR count). The Morgan fingerprint density at radius 2 is 2.16 bits per heavy atom. The molecular weight excluding hydrogens is 256 g/mol. The summed E-state index contributed by atoms with van der Waals surface area (Å²) in [6.07, 6.45) is 1.98. The zero-order chi connectivity index (χ0) is 13.7. The van der Waals surface area contributed by atoms with Crippen molar-refractivity contribution in [2.75, 3.05) is 11.9 Å². The second-order valence-corrected chi connectivity index (χ2v) is 5.33. The molecule has 2 heterocycles. The molecule has 0 aliphatic heterocycles. The molecule has 0 atom stereocenters. The van der Waals surface area contributed by atoms with Crippen LogP contribution in [-0.4, -0.2) is 16.5 Å². The fraction of sp³-hybridized carbons (Fsp3) is 0.357. The molecule has 1 N–H and O–H groups in total. The van der Waals surface area contributed by atoms with Gasteiger partial charge in [0.15, 0.2) is 0 Å². The molecule has 0 saturated carbocycles. The van der Waals surface area contributed by atoms with E-state index in [0.29, 0.717) is 5.69 Å². The van der Waals surface area contributed by atoms with E-state index < -0.39 is 0 Å². The van der Waals surface area contributed by atoms with Crippen LogP contribution in [0.15, 0.2) is 17.5 Å². The molecule has 0 saturated heterocycles. The number of nitrogens with one attached hydrogen (secondary N) is 1. The van der Waals surface area contributed by atoms with E-state index in [-0.39, 0.29) is 0 Å². The minimum atomic E-state index is 0.487. The van der Waals surface area contributed by atoms with Crippen molar-refractivity contribution in [2.45, 2.75) is 26.7 Å². The smallest absolute Gasteiger partial charge is 0.145 e. The molecule has 2 aromatic heterocycles. The second kappa shape index (κ2) is 6.30. The van der Waals surface area contributed by atoms with Crippen LogP contribution in [0.2, 0.25) is 0 Å². The molecule has 0 aromatic carbocycles. The SMILES string of the molecule is Cc1csc(CCCNc2ccc(C)c(C#N)n2)n1. The van der Waals surface area contributed by atoms with Crippen LogP contribution in [0.1, 0.15) is 28.4 Å². The topological polar surface area (TPSA) is 61.6 Å². The van der Waals surface area contributed by atoms with E-state index in [4.69, 9.17) is 5.26 Å². The number of nitrogens with zero attached hydrogens (tertiary/aromatic N) is 3. The van der Waals surface area contributed by atoms with Gasteiger partial charge in [0.2, 0.25) is 0 Å². The van der Waals surface area contributed by atoms with Crippen molar-refractivity contribution in [3.05, 3.63) is 39.5 Å². The van der Waals surface area contributed by atoms with E-state index >= 15 is 0 Å². The van der Waals surface area contributed by atoms with Gasteiger partial charge in [-0.3, -0.25) is 0 Å². The van der Waals surface area contributed by atoms with Gasteiger partial charge in [0, 0.05) is 24.0 Å². The molecule has 98 valence electrons. The lowest BCUT2D eigenvalue weighted by atomic mass is 10.2. The minimum absolute atomic E-state index is 0.487. The van der Waals surface area contributed by atoms with E-state index in [1.54, 1.807) is 11.3 Å². The molecule has 0 aliphatic carbocycles. The van der Waals surface area contributed by atoms with Crippen LogP contribution in [0.5, 0.6) is 0 Å². The summed E-state index contributed by atoms with van der Waals surface area (Å²) in [7, 11) is 0. The Balaban J connectivity index is 1.81. The second-order valence-electron chi connectivity index (χ2n) is 4.39. The van der Waals surface area contributed by atoms with Gasteiger partial charge in [-0.15, -0.1) is 11.3 Å². The van der Waals surface area contributed by atoms with Crippen molar-refractivity contribution in [2.24, 2.45) is 0 Å². The zero-order valence-corrected chi connectivity index (χ0v) is 11.9. The van der Waals surface area contributed by atoms with Gasteiger partial charge >= 0.3 is 0 Å². The summed E-state index contributed by atoms with van der Waals surface area (Å²) in [6.45, 7) is 4.73. The fourth-order valence-electron chi connectivity index (χ4n) is 1.71. The Labute approximate surface area is 117 Å². The molecule has 5 heteroatoms. The lowest BCUT2D eigenvalue weighted by Crippen LogP contribution is -2.05. The molecule has 19 heavy (non-hydrogen) atoms. The molecule has 2 aromatic rings. The van der Waals surface area contributed by atoms with Crippen LogP contribution < -0.4 is 5.32 Å². The average molecular weight is 272 g/mol. The third-order valence-corrected chi connectivity index (χ3v) is 3.77. The van der Waals surface area contributed by atoms with Crippen molar-refractivity contribution in [1.29, 1.82) is 5.26 Å². The number of aromatic nitrogens is 2. The normalized spacial score (nSPS) is 10.2. The number of anilines is 1. The van der Waals surface area contributed by atoms with Crippen molar-refractivity contribution in [3.8, 4) is 6.07 Å². The first-order valence-electron chi connectivity index (χ1n) is 6.21. The van der Waals surface area contributed by atoms with Crippen LogP contribution in [0.4, 0.5) is 5.82 Å². The minimum Gasteiger partial charge on any atom is -0.370 e. The molecule has 0 unspecified atom stereocenters. The predicted octanol–water partition coefficient (Wildman–Crippen LogP) is 3.07. The van der Waals surface area contributed by atoms with Crippen molar-refractivity contribution in [3.63, 3.8) is 0 Å². The van der Waals surface area contributed by atoms with Gasteiger partial charge in [-0.25, -0.2) is 9.97 Å². The Hall–Kier alpha value is -1.93. The first-order chi connectivity index (χ1) is 9.19. The summed E-state index contributed by atoms with van der Waals surface area (Å²) >= 11 is 1.71. The van der Waals surface area contributed by atoms with Gasteiger partial charge in [-0.05, 0) is 31.9 Å². The molecule has 0 radical (unpaired) electrons. The molecular formula is C14H16N4S. The van der Waals surface area contributed by atoms with Crippen molar-refractivity contribution < 1.29 is 0 Å². The highest BCUT2D eigenvalue weighted by molar-refractivity contribution is 7.09. The van der Waals surface area contributed by atoms with Gasteiger partial charge in [-0.1, -0.05) is 6.07 Å². The Kier molecular flexibility index (Phi) is 4.48. The van der Waals surface area contributed by atoms with Crippen LogP contribution in [0.25, 0.3) is 0 Å². The number of hydrogen-bond donors (Lipinski definition) is 1. The van der Waals surface area contributed by atoms with Gasteiger partial charge < -0.3 is 5.32 Å². The summed E-state index contributed by atoms with van der Waals surface area (Å²) in [4.78, 5) is 8.68. The van der Waals surface area contributed by atoms with E-state index in [0.717, 1.165) is 36.5 Å². The third-order valence-electron chi connectivity index (χ3n) is 2.74. The van der Waals surface area contributed by atoms with Crippen LogP contribution >= 0.6 is 11.3 Å². The average Bonchev–Trinajstić information content (AvgIpc) is 2.82. The Morgan fingerprint density at radius 1 is 1.32 bits per heavy atom. The predicted molar refractivity (Wildman–Crippen MR) is 77.4 cm³/mol. The van der Waals surface area contributed by atoms with Gasteiger partial charge in [0.1, 0.15) is 17.6 Å². The summed E-state index contributed by atoms with van der Waals surface area (Å²) in [6, 6.07) is 5.92. The van der Waals surface area contributed by atoms with Gasteiger partial charge in [-0.2, -0.15) is 5.26 Å². The maximum atomic E-state index is 8.92. The molecule has 0 spiro atoms. The highest BCUT2D eigenvalue weighted by atomic mass is 32.1. The molecule has 0 bridgehead atoms. The monoisotopic (exact) mass is 272 g/mol. The zero-order valence-electron chi connectivity index (χ0n) is 11.1. The first kappa shape index (κ1) is 13.5. The molecule has 0 aliphatic rings. The highest BCUT2D eigenvalue weighted by Crippen LogP contribution is 2.12. The number of thiazole rings is 1. The summed E-state index contributed by atoms with van der Waals surface area (Å²) in [5.74, 6) is 0.762. The number of rotatable bonds is 5. The van der Waals surface area contributed by atoms with Gasteiger partial charge in [0.05, 0.1) is 5.01 Å². The maximum absolute atomic E-state index is 8.92. The summed E-state index contributed by atoms with van der Waals surface area (Å²) in [5.41, 5.74) is 2.48. The van der Waals surface area contributed by atoms with E-state index in [1.165, 1.54) is 5.01 Å². The first-order valence-corrected chi connectivity index (χ1v) is 7.09. The highest BCUT2D eigenvalue weighted by Gasteiger charge is 2.02. The van der Waals surface area contributed by atoms with Crippen LogP contribution in [0, 0.1) is 25.2 Å². The Morgan fingerprint density at radius 3 is 2.84 bits per heavy atom. The quantitative estimate of drug-likeness (QED) is 0.850. The van der Waals surface area contributed by atoms with Gasteiger partial charge in [0.25, 0.3) is 0 Å². The summed E-state index contributed by atoms with van der Waals surface area (Å²) in [5, 5.41) is 15.4. The number of pyridine rings is 1. The maximum Gasteiger partial charge on any atom is 0.145 e. The lowest BCUT2D eigenvalue weighted by Gasteiger charge is -2.06. The Bertz CT molecular complexity index is 598. The third kappa shape index (κ3) is 3.76. The van der Waals surface area contributed by atoms with Crippen LogP contribution in [-0.2, 0) is 6.42 Å².